The van der Waals surface area contributed by atoms with Gasteiger partial charge in [-0.15, -0.1) is 11.6 Å². The summed E-state index contributed by atoms with van der Waals surface area (Å²) in [5.41, 5.74) is 4.08. The number of hydrogen-bond acceptors (Lipinski definition) is 2. The quantitative estimate of drug-likeness (QED) is 0.435. The van der Waals surface area contributed by atoms with Gasteiger partial charge in [0, 0.05) is 35.2 Å². The number of anilines is 1. The molecule has 1 aliphatic rings. The van der Waals surface area contributed by atoms with Gasteiger partial charge in [-0.3, -0.25) is 4.79 Å². The van der Waals surface area contributed by atoms with Crippen LogP contribution in [0.1, 0.15) is 27.5 Å². The molecule has 5 rings (SSSR count). The summed E-state index contributed by atoms with van der Waals surface area (Å²) in [7, 11) is 0. The maximum Gasteiger partial charge on any atom is 0.274 e. The van der Waals surface area contributed by atoms with Crippen molar-refractivity contribution in [1.29, 1.82) is 0 Å². The highest BCUT2D eigenvalue weighted by molar-refractivity contribution is 6.19. The van der Waals surface area contributed by atoms with Crippen LogP contribution in [0.4, 0.5) is 5.69 Å². The van der Waals surface area contributed by atoms with E-state index in [9.17, 15) is 9.90 Å². The summed E-state index contributed by atoms with van der Waals surface area (Å²) in [4.78, 5) is 18.4. The molecule has 2 N–H and O–H groups in total. The molecule has 2 heterocycles. The van der Waals surface area contributed by atoms with Gasteiger partial charge in [0.25, 0.3) is 5.91 Å². The van der Waals surface area contributed by atoms with Crippen LogP contribution in [0, 0.1) is 0 Å². The fourth-order valence-electron chi connectivity index (χ4n) is 4.36. The number of fused-ring (bicyclic) bond motifs is 4. The lowest BCUT2D eigenvalue weighted by molar-refractivity contribution is 0.0984. The van der Waals surface area contributed by atoms with Crippen LogP contribution in [0.25, 0.3) is 27.8 Å². The number of H-pyrrole nitrogens is 1. The van der Waals surface area contributed by atoms with E-state index in [1.54, 1.807) is 17.0 Å². The number of para-hydroxylation sites is 1. The number of aromatic hydroxyl groups is 1. The van der Waals surface area contributed by atoms with Crippen LogP contribution in [0.3, 0.4) is 0 Å². The number of nitrogens with one attached hydrogen (secondary N) is 1. The van der Waals surface area contributed by atoms with Crippen molar-refractivity contribution in [2.24, 2.45) is 0 Å². The van der Waals surface area contributed by atoms with Crippen molar-refractivity contribution in [2.45, 2.75) is 5.92 Å². The van der Waals surface area contributed by atoms with E-state index in [0.29, 0.717) is 18.1 Å². The number of benzene rings is 3. The second kappa shape index (κ2) is 6.68. The van der Waals surface area contributed by atoms with Gasteiger partial charge in [0.05, 0.1) is 11.2 Å². The average Bonchev–Trinajstić information content (AvgIpc) is 3.35. The summed E-state index contributed by atoms with van der Waals surface area (Å²) < 4.78 is 0. The molecule has 0 spiro atoms. The number of alkyl halides is 1. The Kier molecular flexibility index (Phi) is 4.10. The first-order valence-corrected chi connectivity index (χ1v) is 10.0. The van der Waals surface area contributed by atoms with Crippen molar-refractivity contribution in [3.05, 3.63) is 78.0 Å². The zero-order valence-electron chi connectivity index (χ0n) is 15.7. The molecular formula is C24H19ClN2O2. The molecule has 4 nitrogen and oxygen atoms in total. The van der Waals surface area contributed by atoms with Crippen molar-refractivity contribution in [2.75, 3.05) is 17.3 Å². The van der Waals surface area contributed by atoms with Crippen LogP contribution >= 0.6 is 11.6 Å². The van der Waals surface area contributed by atoms with E-state index in [0.717, 1.165) is 38.5 Å². The SMILES string of the molecule is C=Cc1cccc2cc(C(=O)N3C[C@@H](CCl)c4c3cc(O)c3ccccc43)[nH]c12. The normalized spacial score (nSPS) is 15.8. The van der Waals surface area contributed by atoms with Gasteiger partial charge >= 0.3 is 0 Å². The number of aromatic nitrogens is 1. The van der Waals surface area contributed by atoms with Gasteiger partial charge in [-0.25, -0.2) is 0 Å². The number of carbonyl (C=O) groups excluding carboxylic acids is 1. The molecule has 0 radical (unpaired) electrons. The summed E-state index contributed by atoms with van der Waals surface area (Å²) >= 11 is 6.28. The van der Waals surface area contributed by atoms with E-state index in [1.165, 1.54) is 0 Å². The van der Waals surface area contributed by atoms with Gasteiger partial charge in [-0.1, -0.05) is 55.1 Å². The minimum Gasteiger partial charge on any atom is -0.507 e. The lowest BCUT2D eigenvalue weighted by Crippen LogP contribution is -2.30. The van der Waals surface area contributed by atoms with E-state index in [-0.39, 0.29) is 17.6 Å². The summed E-state index contributed by atoms with van der Waals surface area (Å²) in [6.45, 7) is 4.33. The first-order chi connectivity index (χ1) is 14.1. The first-order valence-electron chi connectivity index (χ1n) is 9.49. The number of amides is 1. The number of carbonyl (C=O) groups is 1. The van der Waals surface area contributed by atoms with E-state index < -0.39 is 0 Å². The van der Waals surface area contributed by atoms with E-state index in [2.05, 4.69) is 11.6 Å². The molecule has 0 unspecified atom stereocenters. The lowest BCUT2D eigenvalue weighted by Gasteiger charge is -2.17. The molecule has 144 valence electrons. The van der Waals surface area contributed by atoms with Crippen LogP contribution in [-0.4, -0.2) is 28.4 Å². The minimum atomic E-state index is -0.139. The Hall–Kier alpha value is -3.24. The Morgan fingerprint density at radius 3 is 2.76 bits per heavy atom. The van der Waals surface area contributed by atoms with Crippen molar-refractivity contribution in [3.63, 3.8) is 0 Å². The molecule has 29 heavy (non-hydrogen) atoms. The molecule has 0 saturated carbocycles. The molecule has 0 saturated heterocycles. The lowest BCUT2D eigenvalue weighted by atomic mass is 9.95. The molecule has 1 atom stereocenters. The highest BCUT2D eigenvalue weighted by atomic mass is 35.5. The number of rotatable bonds is 3. The minimum absolute atomic E-state index is 0.00855. The van der Waals surface area contributed by atoms with Crippen LogP contribution in [0.2, 0.25) is 0 Å². The monoisotopic (exact) mass is 402 g/mol. The standard InChI is InChI=1S/C24H19ClN2O2/c1-2-14-6-5-7-15-10-19(26-23(14)15)24(29)27-13-16(12-25)22-18-9-4-3-8-17(18)21(28)11-20(22)27/h2-11,16,26,28H,1,12-13H2/t16-/m1/s1. The Balaban J connectivity index is 1.65. The molecule has 0 fully saturated rings. The molecular weight excluding hydrogens is 384 g/mol. The maximum absolute atomic E-state index is 13.4. The van der Waals surface area contributed by atoms with Crippen molar-refractivity contribution in [3.8, 4) is 5.75 Å². The number of phenolic OH excluding ortho intramolecular Hbond substituents is 1. The number of halogens is 1. The first kappa shape index (κ1) is 17.8. The van der Waals surface area contributed by atoms with Crippen LogP contribution in [-0.2, 0) is 0 Å². The zero-order valence-corrected chi connectivity index (χ0v) is 16.4. The van der Waals surface area contributed by atoms with E-state index in [1.807, 2.05) is 48.5 Å². The Labute approximate surface area is 173 Å². The van der Waals surface area contributed by atoms with Crippen molar-refractivity contribution >= 4 is 50.9 Å². The van der Waals surface area contributed by atoms with Crippen LogP contribution in [0.15, 0.2) is 61.2 Å². The topological polar surface area (TPSA) is 56.3 Å². The van der Waals surface area contributed by atoms with Gasteiger partial charge in [-0.2, -0.15) is 0 Å². The molecule has 0 aliphatic carbocycles. The third-order valence-electron chi connectivity index (χ3n) is 5.71. The van der Waals surface area contributed by atoms with E-state index >= 15 is 0 Å². The van der Waals surface area contributed by atoms with Gasteiger partial charge in [0.1, 0.15) is 11.4 Å². The second-order valence-corrected chi connectivity index (χ2v) is 7.65. The predicted octanol–water partition coefficient (Wildman–Crippen LogP) is 5.65. The maximum atomic E-state index is 13.4. The summed E-state index contributed by atoms with van der Waals surface area (Å²) in [5.74, 6) is 0.436. The van der Waals surface area contributed by atoms with Gasteiger partial charge < -0.3 is 15.0 Å². The second-order valence-electron chi connectivity index (χ2n) is 7.34. The highest BCUT2D eigenvalue weighted by Gasteiger charge is 2.35. The predicted molar refractivity (Wildman–Crippen MR) is 119 cm³/mol. The molecule has 4 aromatic rings. The van der Waals surface area contributed by atoms with E-state index in [4.69, 9.17) is 11.6 Å². The third-order valence-corrected chi connectivity index (χ3v) is 6.09. The largest absolute Gasteiger partial charge is 0.507 e. The fraction of sp³-hybridized carbons (Fsp3) is 0.125. The van der Waals surface area contributed by atoms with Gasteiger partial charge in [-0.05, 0) is 22.6 Å². The fourth-order valence-corrected chi connectivity index (χ4v) is 4.61. The molecule has 0 bridgehead atoms. The molecule has 1 aromatic heterocycles. The van der Waals surface area contributed by atoms with Crippen molar-refractivity contribution in [1.82, 2.24) is 4.98 Å². The number of hydrogen-bond donors (Lipinski definition) is 2. The summed E-state index contributed by atoms with van der Waals surface area (Å²) in [5, 5.41) is 13.2. The molecule has 5 heteroatoms. The van der Waals surface area contributed by atoms with Crippen LogP contribution in [0.5, 0.6) is 5.75 Å². The number of phenols is 1. The van der Waals surface area contributed by atoms with Crippen molar-refractivity contribution < 1.29 is 9.90 Å². The highest BCUT2D eigenvalue weighted by Crippen LogP contribution is 2.45. The molecule has 1 aliphatic heterocycles. The van der Waals surface area contributed by atoms with Gasteiger partial charge in [0.2, 0.25) is 0 Å². The number of nitrogens with zero attached hydrogens (tertiary/aromatic N) is 1. The van der Waals surface area contributed by atoms with Crippen LogP contribution < -0.4 is 4.90 Å². The Morgan fingerprint density at radius 2 is 2.00 bits per heavy atom. The Bertz CT molecular complexity index is 1290. The molecule has 1 amide bonds. The Morgan fingerprint density at radius 1 is 1.21 bits per heavy atom. The summed E-state index contributed by atoms with van der Waals surface area (Å²) in [6.07, 6.45) is 1.77. The number of aromatic amines is 1. The molecule has 3 aromatic carbocycles. The smallest absolute Gasteiger partial charge is 0.274 e. The van der Waals surface area contributed by atoms with Gasteiger partial charge in [0.15, 0.2) is 0 Å². The third kappa shape index (κ3) is 2.64. The zero-order chi connectivity index (χ0) is 20.1. The average molecular weight is 403 g/mol. The summed E-state index contributed by atoms with van der Waals surface area (Å²) in [6, 6.07) is 17.1.